The molecule has 100 valence electrons. The second-order valence-electron chi connectivity index (χ2n) is 4.20. The van der Waals surface area contributed by atoms with Gasteiger partial charge >= 0.3 is 0 Å². The highest BCUT2D eigenvalue weighted by Crippen LogP contribution is 2.28. The predicted molar refractivity (Wildman–Crippen MR) is 76.8 cm³/mol. The molecule has 0 atom stereocenters. The lowest BCUT2D eigenvalue weighted by Crippen LogP contribution is -2.14. The minimum Gasteiger partial charge on any atom is -0.313 e. The van der Waals surface area contributed by atoms with Crippen LogP contribution >= 0.6 is 11.8 Å². The van der Waals surface area contributed by atoms with Gasteiger partial charge in [0.05, 0.1) is 0 Å². The first kappa shape index (κ1) is 14.0. The largest absolute Gasteiger partial charge is 0.313 e. The molecule has 1 N–H and O–H groups in total. The van der Waals surface area contributed by atoms with Crippen LogP contribution in [-0.4, -0.2) is 11.5 Å². The van der Waals surface area contributed by atoms with Crippen LogP contribution in [0.25, 0.3) is 0 Å². The van der Waals surface area contributed by atoms with Crippen molar-refractivity contribution in [3.63, 3.8) is 0 Å². The molecule has 4 heteroatoms. The number of rotatable bonds is 6. The van der Waals surface area contributed by atoms with Crippen molar-refractivity contribution in [1.82, 2.24) is 10.3 Å². The number of benzene rings is 1. The van der Waals surface area contributed by atoms with E-state index >= 15 is 0 Å². The summed E-state index contributed by atoms with van der Waals surface area (Å²) in [6.07, 6.45) is 2.90. The van der Waals surface area contributed by atoms with E-state index in [2.05, 4.69) is 23.3 Å². The standard InChI is InChI=1S/C15H17FN2S/c1-2-9-17-11-12-4-3-10-18-15(12)19-14-7-5-13(16)6-8-14/h3-8,10,17H,2,9,11H2,1H3. The predicted octanol–water partition coefficient (Wildman–Crippen LogP) is 3.87. The van der Waals surface area contributed by atoms with Crippen molar-refractivity contribution in [3.8, 4) is 0 Å². The van der Waals surface area contributed by atoms with Crippen LogP contribution in [0.1, 0.15) is 18.9 Å². The summed E-state index contributed by atoms with van der Waals surface area (Å²) in [6, 6.07) is 10.5. The van der Waals surface area contributed by atoms with Gasteiger partial charge in [-0.2, -0.15) is 0 Å². The van der Waals surface area contributed by atoms with Crippen molar-refractivity contribution in [2.45, 2.75) is 29.8 Å². The number of hydrogen-bond acceptors (Lipinski definition) is 3. The van der Waals surface area contributed by atoms with Crippen molar-refractivity contribution >= 4 is 11.8 Å². The zero-order valence-electron chi connectivity index (χ0n) is 10.9. The summed E-state index contributed by atoms with van der Waals surface area (Å²) in [5.74, 6) is -0.213. The average Bonchev–Trinajstić information content (AvgIpc) is 2.43. The Labute approximate surface area is 117 Å². The van der Waals surface area contributed by atoms with Gasteiger partial charge in [-0.3, -0.25) is 0 Å². The molecule has 1 aromatic heterocycles. The SMILES string of the molecule is CCCNCc1cccnc1Sc1ccc(F)cc1. The Hall–Kier alpha value is -1.39. The Morgan fingerprint density at radius 1 is 1.21 bits per heavy atom. The number of pyridine rings is 1. The summed E-state index contributed by atoms with van der Waals surface area (Å²) in [5.41, 5.74) is 1.17. The summed E-state index contributed by atoms with van der Waals surface area (Å²) in [6.45, 7) is 3.95. The van der Waals surface area contributed by atoms with Crippen molar-refractivity contribution in [1.29, 1.82) is 0 Å². The quantitative estimate of drug-likeness (QED) is 0.811. The molecule has 0 bridgehead atoms. The van der Waals surface area contributed by atoms with Crippen LogP contribution in [-0.2, 0) is 6.54 Å². The van der Waals surface area contributed by atoms with Gasteiger partial charge in [0.1, 0.15) is 10.8 Å². The highest BCUT2D eigenvalue weighted by molar-refractivity contribution is 7.99. The molecule has 0 fully saturated rings. The highest BCUT2D eigenvalue weighted by atomic mass is 32.2. The zero-order chi connectivity index (χ0) is 13.5. The second-order valence-corrected chi connectivity index (χ2v) is 5.26. The third-order valence-electron chi connectivity index (χ3n) is 2.62. The fourth-order valence-electron chi connectivity index (χ4n) is 1.66. The van der Waals surface area contributed by atoms with E-state index in [1.165, 1.54) is 17.7 Å². The molecule has 0 radical (unpaired) electrons. The van der Waals surface area contributed by atoms with Crippen molar-refractivity contribution < 1.29 is 4.39 Å². The van der Waals surface area contributed by atoms with E-state index in [9.17, 15) is 4.39 Å². The van der Waals surface area contributed by atoms with Crippen LogP contribution in [0.2, 0.25) is 0 Å². The first-order chi connectivity index (χ1) is 9.29. The van der Waals surface area contributed by atoms with E-state index < -0.39 is 0 Å². The molecule has 0 aliphatic heterocycles. The third kappa shape index (κ3) is 4.33. The average molecular weight is 276 g/mol. The minimum atomic E-state index is -0.213. The van der Waals surface area contributed by atoms with Crippen LogP contribution in [0, 0.1) is 5.82 Å². The van der Waals surface area contributed by atoms with E-state index in [-0.39, 0.29) is 5.82 Å². The monoisotopic (exact) mass is 276 g/mol. The number of aromatic nitrogens is 1. The Kier molecular flexibility index (Phi) is 5.36. The van der Waals surface area contributed by atoms with E-state index in [1.807, 2.05) is 6.07 Å². The summed E-state index contributed by atoms with van der Waals surface area (Å²) in [5, 5.41) is 4.34. The molecule has 2 rings (SSSR count). The topological polar surface area (TPSA) is 24.9 Å². The van der Waals surface area contributed by atoms with E-state index in [0.717, 1.165) is 29.4 Å². The second kappa shape index (κ2) is 7.26. The normalized spacial score (nSPS) is 10.6. The Bertz CT molecular complexity index is 514. The van der Waals surface area contributed by atoms with Crippen LogP contribution in [0.5, 0.6) is 0 Å². The van der Waals surface area contributed by atoms with Gasteiger partial charge in [-0.1, -0.05) is 24.8 Å². The minimum absolute atomic E-state index is 0.213. The molecule has 0 spiro atoms. The van der Waals surface area contributed by atoms with Crippen LogP contribution in [0.15, 0.2) is 52.5 Å². The number of nitrogens with one attached hydrogen (secondary N) is 1. The summed E-state index contributed by atoms with van der Waals surface area (Å²) < 4.78 is 12.9. The first-order valence-corrected chi connectivity index (χ1v) is 7.19. The summed E-state index contributed by atoms with van der Waals surface area (Å²) in [7, 11) is 0. The van der Waals surface area contributed by atoms with Gasteiger partial charge < -0.3 is 5.32 Å². The first-order valence-electron chi connectivity index (χ1n) is 6.37. The molecule has 0 aliphatic rings. The lowest BCUT2D eigenvalue weighted by atomic mass is 10.3. The molecule has 0 unspecified atom stereocenters. The van der Waals surface area contributed by atoms with E-state index in [1.54, 1.807) is 30.1 Å². The lowest BCUT2D eigenvalue weighted by Gasteiger charge is -2.08. The molecule has 1 aromatic carbocycles. The highest BCUT2D eigenvalue weighted by Gasteiger charge is 2.05. The maximum atomic E-state index is 12.9. The third-order valence-corrected chi connectivity index (χ3v) is 3.69. The Balaban J connectivity index is 2.08. The van der Waals surface area contributed by atoms with Crippen LogP contribution in [0.4, 0.5) is 4.39 Å². The smallest absolute Gasteiger partial charge is 0.123 e. The molecular weight excluding hydrogens is 259 g/mol. The number of nitrogens with zero attached hydrogens (tertiary/aromatic N) is 1. The van der Waals surface area contributed by atoms with Gasteiger partial charge in [-0.25, -0.2) is 9.37 Å². The molecule has 2 aromatic rings. The number of hydrogen-bond donors (Lipinski definition) is 1. The van der Waals surface area contributed by atoms with Crippen LogP contribution in [0.3, 0.4) is 0 Å². The molecule has 19 heavy (non-hydrogen) atoms. The van der Waals surface area contributed by atoms with Crippen molar-refractivity contribution in [2.75, 3.05) is 6.54 Å². The van der Waals surface area contributed by atoms with Crippen LogP contribution < -0.4 is 5.32 Å². The molecule has 0 saturated carbocycles. The van der Waals surface area contributed by atoms with Gasteiger partial charge in [0, 0.05) is 17.6 Å². The Morgan fingerprint density at radius 3 is 2.74 bits per heavy atom. The zero-order valence-corrected chi connectivity index (χ0v) is 11.7. The van der Waals surface area contributed by atoms with Crippen molar-refractivity contribution in [3.05, 3.63) is 54.0 Å². The fraction of sp³-hybridized carbons (Fsp3) is 0.267. The molecule has 0 aliphatic carbocycles. The van der Waals surface area contributed by atoms with E-state index in [0.29, 0.717) is 0 Å². The molecule has 2 nitrogen and oxygen atoms in total. The summed E-state index contributed by atoms with van der Waals surface area (Å²) in [4.78, 5) is 5.40. The van der Waals surface area contributed by atoms with Gasteiger partial charge in [0.2, 0.25) is 0 Å². The van der Waals surface area contributed by atoms with Crippen molar-refractivity contribution in [2.24, 2.45) is 0 Å². The lowest BCUT2D eigenvalue weighted by molar-refractivity contribution is 0.626. The molecule has 0 saturated heterocycles. The maximum Gasteiger partial charge on any atom is 0.123 e. The molecular formula is C15H17FN2S. The van der Waals surface area contributed by atoms with Gasteiger partial charge in [-0.15, -0.1) is 0 Å². The molecule has 0 amide bonds. The Morgan fingerprint density at radius 2 is 2.00 bits per heavy atom. The maximum absolute atomic E-state index is 12.9. The number of halogens is 1. The van der Waals surface area contributed by atoms with Gasteiger partial charge in [0.25, 0.3) is 0 Å². The van der Waals surface area contributed by atoms with E-state index in [4.69, 9.17) is 0 Å². The molecule has 1 heterocycles. The van der Waals surface area contributed by atoms with Gasteiger partial charge in [-0.05, 0) is 48.9 Å². The fourth-order valence-corrected chi connectivity index (χ4v) is 2.54. The van der Waals surface area contributed by atoms with Gasteiger partial charge in [0.15, 0.2) is 0 Å². The summed E-state index contributed by atoms with van der Waals surface area (Å²) >= 11 is 1.56.